The molecule has 0 aliphatic carbocycles. The first-order valence-electron chi connectivity index (χ1n) is 2.23. The van der Waals surface area contributed by atoms with Crippen molar-refractivity contribution in [3.63, 3.8) is 0 Å². The van der Waals surface area contributed by atoms with Crippen LogP contribution in [-0.4, -0.2) is 5.79 Å². The zero-order chi connectivity index (χ0) is 6.78. The van der Waals surface area contributed by atoms with Gasteiger partial charge in [-0.15, -0.1) is 0 Å². The van der Waals surface area contributed by atoms with Crippen molar-refractivity contribution < 1.29 is 0 Å². The zero-order valence-corrected chi connectivity index (χ0v) is 4.89. The molecule has 0 saturated carbocycles. The molecule has 0 aromatic heterocycles. The Morgan fingerprint density at radius 2 is 1.75 bits per heavy atom. The van der Waals surface area contributed by atoms with Gasteiger partial charge in [-0.05, 0) is 13.0 Å². The highest BCUT2D eigenvalue weighted by Crippen LogP contribution is 1.84. The minimum absolute atomic E-state index is 0.525. The molecule has 48 valence electrons. The Balaban J connectivity index is 3.89. The van der Waals surface area contributed by atoms with E-state index in [4.69, 9.17) is 22.9 Å². The molecule has 0 spiro atoms. The van der Waals surface area contributed by atoms with Gasteiger partial charge in [-0.3, -0.25) is 17.2 Å². The van der Waals surface area contributed by atoms with E-state index >= 15 is 0 Å². The van der Waals surface area contributed by atoms with Gasteiger partial charge in [-0.1, -0.05) is 0 Å². The Morgan fingerprint density at radius 3 is 1.75 bits per heavy atom. The van der Waals surface area contributed by atoms with Crippen LogP contribution in [0.2, 0.25) is 0 Å². The van der Waals surface area contributed by atoms with Crippen molar-refractivity contribution in [2.45, 2.75) is 12.7 Å². The minimum atomic E-state index is -1.27. The monoisotopic (exact) mass is 116 g/mol. The lowest BCUT2D eigenvalue weighted by atomic mass is 10.3. The molecule has 0 aliphatic heterocycles. The lowest BCUT2D eigenvalue weighted by Crippen LogP contribution is -2.56. The molecular formula is C4H12N4. The van der Waals surface area contributed by atoms with Crippen molar-refractivity contribution in [3.8, 4) is 0 Å². The third kappa shape index (κ3) is 5.42. The van der Waals surface area contributed by atoms with Gasteiger partial charge in [0.15, 0.2) is 0 Å². The second-order valence-electron chi connectivity index (χ2n) is 1.89. The second kappa shape index (κ2) is 2.13. The van der Waals surface area contributed by atoms with Crippen LogP contribution in [-0.2, 0) is 0 Å². The number of rotatable bonds is 1. The summed E-state index contributed by atoms with van der Waals surface area (Å²) in [6, 6.07) is 0. The van der Waals surface area contributed by atoms with Gasteiger partial charge in [0, 0.05) is 5.70 Å². The Kier molecular flexibility index (Phi) is 1.97. The average Bonchev–Trinajstić information content (AvgIpc) is 1.21. The SMILES string of the molecule is CC(N)=CC(N)(N)N. The summed E-state index contributed by atoms with van der Waals surface area (Å²) in [7, 11) is 0. The zero-order valence-electron chi connectivity index (χ0n) is 4.89. The summed E-state index contributed by atoms with van der Waals surface area (Å²) in [5.41, 5.74) is 21.1. The van der Waals surface area contributed by atoms with Crippen LogP contribution in [0.5, 0.6) is 0 Å². The molecule has 4 nitrogen and oxygen atoms in total. The first kappa shape index (κ1) is 7.42. The summed E-state index contributed by atoms with van der Waals surface area (Å²) in [5.74, 6) is -1.27. The van der Waals surface area contributed by atoms with Crippen LogP contribution >= 0.6 is 0 Å². The first-order chi connectivity index (χ1) is 3.42. The molecule has 0 fully saturated rings. The molecule has 4 heteroatoms. The maximum absolute atomic E-state index is 5.20. The molecule has 0 aliphatic rings. The van der Waals surface area contributed by atoms with Crippen molar-refractivity contribution in [2.24, 2.45) is 22.9 Å². The normalized spacial score (nSPS) is 14.2. The Labute approximate surface area is 48.5 Å². The Hall–Kier alpha value is -0.580. The first-order valence-corrected chi connectivity index (χ1v) is 2.23. The summed E-state index contributed by atoms with van der Waals surface area (Å²) in [5, 5.41) is 0. The van der Waals surface area contributed by atoms with Crippen LogP contribution in [0, 0.1) is 0 Å². The third-order valence-electron chi connectivity index (χ3n) is 0.478. The van der Waals surface area contributed by atoms with Gasteiger partial charge in [-0.2, -0.15) is 0 Å². The van der Waals surface area contributed by atoms with E-state index in [0.717, 1.165) is 0 Å². The van der Waals surface area contributed by atoms with E-state index in [1.807, 2.05) is 0 Å². The molecule has 8 N–H and O–H groups in total. The van der Waals surface area contributed by atoms with Crippen LogP contribution in [0.4, 0.5) is 0 Å². The van der Waals surface area contributed by atoms with Crippen LogP contribution in [0.3, 0.4) is 0 Å². The largest absolute Gasteiger partial charge is 0.402 e. The highest BCUT2D eigenvalue weighted by atomic mass is 15.1. The number of hydrogen-bond donors (Lipinski definition) is 4. The van der Waals surface area contributed by atoms with E-state index in [-0.39, 0.29) is 0 Å². The van der Waals surface area contributed by atoms with Gasteiger partial charge in [0.2, 0.25) is 0 Å². The maximum Gasteiger partial charge on any atom is 0.137 e. The van der Waals surface area contributed by atoms with E-state index in [1.165, 1.54) is 6.08 Å². The van der Waals surface area contributed by atoms with E-state index in [9.17, 15) is 0 Å². The highest BCUT2D eigenvalue weighted by Gasteiger charge is 2.04. The van der Waals surface area contributed by atoms with Crippen molar-refractivity contribution in [1.29, 1.82) is 0 Å². The van der Waals surface area contributed by atoms with Gasteiger partial charge < -0.3 is 5.73 Å². The van der Waals surface area contributed by atoms with Gasteiger partial charge in [0.25, 0.3) is 0 Å². The molecule has 0 aromatic rings. The fourth-order valence-electron chi connectivity index (χ4n) is 0.394. The van der Waals surface area contributed by atoms with E-state index in [2.05, 4.69) is 0 Å². The fourth-order valence-corrected chi connectivity index (χ4v) is 0.394. The van der Waals surface area contributed by atoms with E-state index < -0.39 is 5.79 Å². The molecule has 0 bridgehead atoms. The minimum Gasteiger partial charge on any atom is -0.402 e. The Bertz CT molecular complexity index is 95.1. The van der Waals surface area contributed by atoms with Crippen LogP contribution in [0.25, 0.3) is 0 Å². The van der Waals surface area contributed by atoms with Gasteiger partial charge in [0.05, 0.1) is 0 Å². The van der Waals surface area contributed by atoms with E-state index in [1.54, 1.807) is 6.92 Å². The topological polar surface area (TPSA) is 104 Å². The van der Waals surface area contributed by atoms with Crippen molar-refractivity contribution in [1.82, 2.24) is 0 Å². The quantitative estimate of drug-likeness (QED) is 0.309. The van der Waals surface area contributed by atoms with Crippen LogP contribution in [0.15, 0.2) is 11.8 Å². The van der Waals surface area contributed by atoms with Crippen molar-refractivity contribution in [2.75, 3.05) is 0 Å². The van der Waals surface area contributed by atoms with Gasteiger partial charge >= 0.3 is 0 Å². The standard InChI is InChI=1S/C4H12N4/c1-3(5)2-4(6,7)8/h2H,5-8H2,1H3. The third-order valence-corrected chi connectivity index (χ3v) is 0.478. The molecule has 0 rings (SSSR count). The smallest absolute Gasteiger partial charge is 0.137 e. The molecule has 0 amide bonds. The molecule has 0 atom stereocenters. The summed E-state index contributed by atoms with van der Waals surface area (Å²) in [4.78, 5) is 0. The van der Waals surface area contributed by atoms with Crippen LogP contribution in [0.1, 0.15) is 6.92 Å². The molecule has 8 heavy (non-hydrogen) atoms. The second-order valence-corrected chi connectivity index (χ2v) is 1.89. The predicted molar refractivity (Wildman–Crippen MR) is 33.2 cm³/mol. The fraction of sp³-hybridized carbons (Fsp3) is 0.500. The van der Waals surface area contributed by atoms with Crippen LogP contribution < -0.4 is 22.9 Å². The summed E-state index contributed by atoms with van der Waals surface area (Å²) in [6.45, 7) is 1.67. The molecular weight excluding hydrogens is 104 g/mol. The number of hydrogen-bond acceptors (Lipinski definition) is 4. The molecule has 0 heterocycles. The lowest BCUT2D eigenvalue weighted by Gasteiger charge is -2.12. The predicted octanol–water partition coefficient (Wildman–Crippen LogP) is -1.62. The number of allylic oxidation sites excluding steroid dienone is 1. The molecule has 0 radical (unpaired) electrons. The summed E-state index contributed by atoms with van der Waals surface area (Å²) in [6.07, 6.45) is 1.38. The van der Waals surface area contributed by atoms with Gasteiger partial charge in [0.1, 0.15) is 5.79 Å². The van der Waals surface area contributed by atoms with Crippen molar-refractivity contribution >= 4 is 0 Å². The molecule has 0 saturated heterocycles. The summed E-state index contributed by atoms with van der Waals surface area (Å²) >= 11 is 0. The highest BCUT2D eigenvalue weighted by molar-refractivity contribution is 5.02. The number of nitrogens with two attached hydrogens (primary N) is 4. The molecule has 0 unspecified atom stereocenters. The summed E-state index contributed by atoms with van der Waals surface area (Å²) < 4.78 is 0. The molecule has 0 aromatic carbocycles. The average molecular weight is 116 g/mol. The van der Waals surface area contributed by atoms with Gasteiger partial charge in [-0.25, -0.2) is 0 Å². The van der Waals surface area contributed by atoms with E-state index in [0.29, 0.717) is 5.70 Å². The lowest BCUT2D eigenvalue weighted by molar-refractivity contribution is 0.578. The van der Waals surface area contributed by atoms with Crippen molar-refractivity contribution in [3.05, 3.63) is 11.8 Å². The Morgan fingerprint density at radius 1 is 1.38 bits per heavy atom. The maximum atomic E-state index is 5.20.